The van der Waals surface area contributed by atoms with E-state index in [-0.39, 0.29) is 11.6 Å². The Hall–Kier alpha value is -0.900. The summed E-state index contributed by atoms with van der Waals surface area (Å²) in [6.07, 6.45) is 8.42. The van der Waals surface area contributed by atoms with Crippen molar-refractivity contribution in [3.05, 3.63) is 35.4 Å². The number of hydrazine groups is 1. The summed E-state index contributed by atoms with van der Waals surface area (Å²) in [4.78, 5) is 0. The number of ether oxygens (including phenoxy) is 1. The first kappa shape index (κ1) is 15.0. The summed E-state index contributed by atoms with van der Waals surface area (Å²) in [6.45, 7) is 3.10. The molecule has 2 atom stereocenters. The normalized spacial score (nSPS) is 26.1. The predicted octanol–water partition coefficient (Wildman–Crippen LogP) is 3.49. The van der Waals surface area contributed by atoms with Gasteiger partial charge < -0.3 is 4.74 Å². The lowest BCUT2D eigenvalue weighted by Crippen LogP contribution is -2.43. The lowest BCUT2D eigenvalue weighted by Gasteiger charge is -2.41. The van der Waals surface area contributed by atoms with Crippen molar-refractivity contribution in [3.8, 4) is 0 Å². The molecular formula is C18H28N2O. The number of nitrogens with one attached hydrogen (secondary N) is 1. The Morgan fingerprint density at radius 1 is 1.33 bits per heavy atom. The summed E-state index contributed by atoms with van der Waals surface area (Å²) in [5.41, 5.74) is 6.05. The first-order valence-electron chi connectivity index (χ1n) is 8.46. The van der Waals surface area contributed by atoms with E-state index in [0.717, 1.165) is 25.9 Å². The van der Waals surface area contributed by atoms with Crippen molar-refractivity contribution in [1.29, 1.82) is 0 Å². The van der Waals surface area contributed by atoms with Gasteiger partial charge in [-0.15, -0.1) is 0 Å². The van der Waals surface area contributed by atoms with E-state index < -0.39 is 0 Å². The summed E-state index contributed by atoms with van der Waals surface area (Å²) in [7, 11) is 0. The van der Waals surface area contributed by atoms with Crippen LogP contribution in [0.5, 0.6) is 0 Å². The minimum absolute atomic E-state index is 0.152. The third-order valence-electron chi connectivity index (χ3n) is 5.47. The summed E-state index contributed by atoms with van der Waals surface area (Å²) >= 11 is 0. The zero-order valence-electron chi connectivity index (χ0n) is 13.1. The number of nitrogens with two attached hydrogens (primary N) is 1. The molecular weight excluding hydrogens is 260 g/mol. The van der Waals surface area contributed by atoms with Crippen molar-refractivity contribution in [1.82, 2.24) is 5.43 Å². The Morgan fingerprint density at radius 3 is 2.81 bits per heavy atom. The third kappa shape index (κ3) is 3.01. The lowest BCUT2D eigenvalue weighted by atomic mass is 9.78. The van der Waals surface area contributed by atoms with Crippen LogP contribution in [0.3, 0.4) is 0 Å². The highest BCUT2D eigenvalue weighted by Crippen LogP contribution is 2.45. The molecule has 1 aliphatic carbocycles. The van der Waals surface area contributed by atoms with Crippen molar-refractivity contribution >= 4 is 0 Å². The van der Waals surface area contributed by atoms with Crippen LogP contribution < -0.4 is 11.3 Å². The van der Waals surface area contributed by atoms with Crippen LogP contribution >= 0.6 is 0 Å². The number of benzene rings is 1. The molecule has 1 aromatic rings. The molecule has 1 saturated carbocycles. The van der Waals surface area contributed by atoms with E-state index in [2.05, 4.69) is 36.6 Å². The van der Waals surface area contributed by atoms with Gasteiger partial charge >= 0.3 is 0 Å². The van der Waals surface area contributed by atoms with E-state index in [0.29, 0.717) is 5.92 Å². The smallest absolute Gasteiger partial charge is 0.0686 e. The molecule has 1 spiro atoms. The van der Waals surface area contributed by atoms with Gasteiger partial charge in [0.05, 0.1) is 5.60 Å². The minimum atomic E-state index is 0.152. The lowest BCUT2D eigenvalue weighted by molar-refractivity contribution is -0.0982. The standard InChI is InChI=1S/C18H28N2O/c1-2-14-7-3-4-8-16(14)17(20-19)15-9-12-21-18(13-15)10-5-6-11-18/h3-4,7-8,15,17,20H,2,5-6,9-13,19H2,1H3. The molecule has 3 N–H and O–H groups in total. The van der Waals surface area contributed by atoms with Gasteiger partial charge in [0.1, 0.15) is 0 Å². The molecule has 3 rings (SSSR count). The predicted molar refractivity (Wildman–Crippen MR) is 85.8 cm³/mol. The Labute approximate surface area is 128 Å². The van der Waals surface area contributed by atoms with Gasteiger partial charge in [0.15, 0.2) is 0 Å². The van der Waals surface area contributed by atoms with Crippen LogP contribution in [0.2, 0.25) is 0 Å². The fraction of sp³-hybridized carbons (Fsp3) is 0.667. The Morgan fingerprint density at radius 2 is 2.10 bits per heavy atom. The second-order valence-electron chi connectivity index (χ2n) is 6.69. The van der Waals surface area contributed by atoms with Crippen molar-refractivity contribution in [2.45, 2.75) is 63.5 Å². The maximum Gasteiger partial charge on any atom is 0.0686 e. The van der Waals surface area contributed by atoms with E-state index in [9.17, 15) is 0 Å². The molecule has 0 bridgehead atoms. The summed E-state index contributed by atoms with van der Waals surface area (Å²) in [6, 6.07) is 8.97. The molecule has 1 aromatic carbocycles. The average Bonchev–Trinajstić information content (AvgIpc) is 2.96. The molecule has 116 valence electrons. The van der Waals surface area contributed by atoms with Gasteiger partial charge in [0.25, 0.3) is 0 Å². The maximum absolute atomic E-state index is 6.18. The zero-order valence-corrected chi connectivity index (χ0v) is 13.1. The highest BCUT2D eigenvalue weighted by Gasteiger charge is 2.42. The average molecular weight is 288 g/mol. The molecule has 2 fully saturated rings. The summed E-state index contributed by atoms with van der Waals surface area (Å²) in [5.74, 6) is 6.53. The summed E-state index contributed by atoms with van der Waals surface area (Å²) < 4.78 is 6.18. The molecule has 0 amide bonds. The Bertz CT molecular complexity index is 468. The molecule has 3 heteroatoms. The quantitative estimate of drug-likeness (QED) is 0.658. The minimum Gasteiger partial charge on any atom is -0.375 e. The van der Waals surface area contributed by atoms with Crippen LogP contribution in [-0.2, 0) is 11.2 Å². The van der Waals surface area contributed by atoms with Crippen LogP contribution in [0.1, 0.15) is 62.6 Å². The van der Waals surface area contributed by atoms with E-state index in [1.54, 1.807) is 0 Å². The van der Waals surface area contributed by atoms with Gasteiger partial charge in [-0.2, -0.15) is 0 Å². The highest BCUT2D eigenvalue weighted by atomic mass is 16.5. The van der Waals surface area contributed by atoms with Crippen LogP contribution in [0.25, 0.3) is 0 Å². The topological polar surface area (TPSA) is 47.3 Å². The summed E-state index contributed by atoms with van der Waals surface area (Å²) in [5, 5.41) is 0. The number of hydrogen-bond acceptors (Lipinski definition) is 3. The maximum atomic E-state index is 6.18. The van der Waals surface area contributed by atoms with Crippen molar-refractivity contribution in [3.63, 3.8) is 0 Å². The molecule has 2 unspecified atom stereocenters. The van der Waals surface area contributed by atoms with Crippen LogP contribution in [0.15, 0.2) is 24.3 Å². The van der Waals surface area contributed by atoms with E-state index in [1.165, 1.54) is 36.8 Å². The van der Waals surface area contributed by atoms with Crippen LogP contribution in [0, 0.1) is 5.92 Å². The van der Waals surface area contributed by atoms with E-state index >= 15 is 0 Å². The van der Waals surface area contributed by atoms with E-state index in [1.807, 2.05) is 0 Å². The van der Waals surface area contributed by atoms with Gasteiger partial charge in [-0.3, -0.25) is 11.3 Å². The van der Waals surface area contributed by atoms with Crippen LogP contribution in [0.4, 0.5) is 0 Å². The van der Waals surface area contributed by atoms with Crippen molar-refractivity contribution in [2.75, 3.05) is 6.61 Å². The Kier molecular flexibility index (Phi) is 4.63. The second kappa shape index (κ2) is 6.47. The molecule has 21 heavy (non-hydrogen) atoms. The molecule has 1 saturated heterocycles. The van der Waals surface area contributed by atoms with Gasteiger partial charge in [-0.05, 0) is 49.1 Å². The van der Waals surface area contributed by atoms with Crippen molar-refractivity contribution in [2.24, 2.45) is 11.8 Å². The third-order valence-corrected chi connectivity index (χ3v) is 5.47. The highest BCUT2D eigenvalue weighted by molar-refractivity contribution is 5.30. The molecule has 1 aliphatic heterocycles. The van der Waals surface area contributed by atoms with E-state index in [4.69, 9.17) is 10.6 Å². The SMILES string of the molecule is CCc1ccccc1C(NN)C1CCOC2(CCCC2)C1. The molecule has 0 aromatic heterocycles. The first-order valence-corrected chi connectivity index (χ1v) is 8.46. The second-order valence-corrected chi connectivity index (χ2v) is 6.69. The fourth-order valence-corrected chi connectivity index (χ4v) is 4.36. The first-order chi connectivity index (χ1) is 10.3. The number of hydrogen-bond donors (Lipinski definition) is 2. The van der Waals surface area contributed by atoms with Gasteiger partial charge in [-0.1, -0.05) is 44.0 Å². The van der Waals surface area contributed by atoms with Crippen LogP contribution in [-0.4, -0.2) is 12.2 Å². The molecule has 3 nitrogen and oxygen atoms in total. The molecule has 0 radical (unpaired) electrons. The number of rotatable bonds is 4. The molecule has 1 heterocycles. The zero-order chi connectivity index (χ0) is 14.7. The fourth-order valence-electron chi connectivity index (χ4n) is 4.36. The van der Waals surface area contributed by atoms with Gasteiger partial charge in [-0.25, -0.2) is 0 Å². The van der Waals surface area contributed by atoms with Gasteiger partial charge in [0.2, 0.25) is 0 Å². The Balaban J connectivity index is 1.82. The monoisotopic (exact) mass is 288 g/mol. The van der Waals surface area contributed by atoms with Crippen molar-refractivity contribution < 1.29 is 4.74 Å². The molecule has 2 aliphatic rings. The number of aryl methyl sites for hydroxylation is 1. The largest absolute Gasteiger partial charge is 0.375 e. The van der Waals surface area contributed by atoms with Gasteiger partial charge in [0, 0.05) is 12.6 Å².